The third kappa shape index (κ3) is 7.14. The topological polar surface area (TPSA) is 103 Å². The van der Waals surface area contributed by atoms with Crippen LogP contribution in [0.2, 0.25) is 0 Å². The van der Waals surface area contributed by atoms with Gasteiger partial charge in [-0.1, -0.05) is 37.3 Å². The SMILES string of the molecule is Cc1ccc(C(CC(=O)Nc2cccnc2)c2ccc(C#N)cc2C)cc1CN1CC(C)Cc2ccc(C(F)(F)F)cc2S1(=O)=O. The van der Waals surface area contributed by atoms with Crippen molar-refractivity contribution in [1.82, 2.24) is 9.29 Å². The van der Waals surface area contributed by atoms with Crippen LogP contribution in [0.25, 0.3) is 0 Å². The third-order valence-corrected chi connectivity index (χ3v) is 10.2. The standard InChI is InChI=1S/C35H33F3N4O3S/c1-22-13-27-9-10-29(35(36,37)38)16-33(27)46(44,45)42(20-22)21-28-15-26(8-6-23(28)2)32(31-11-7-25(18-39)14-24(31)3)17-34(43)41-30-5-4-12-40-19-30/h4-12,14-16,19,22,32H,13,17,20-21H2,1-3H3,(H,41,43). The summed E-state index contributed by atoms with van der Waals surface area (Å²) in [7, 11) is -4.27. The number of hydrogen-bond acceptors (Lipinski definition) is 5. The zero-order valence-electron chi connectivity index (χ0n) is 25.6. The maximum absolute atomic E-state index is 13.9. The summed E-state index contributed by atoms with van der Waals surface area (Å²) >= 11 is 0. The lowest BCUT2D eigenvalue weighted by atomic mass is 9.84. The number of carbonyl (C=O) groups is 1. The summed E-state index contributed by atoms with van der Waals surface area (Å²) in [5, 5.41) is 12.3. The van der Waals surface area contributed by atoms with Crippen LogP contribution in [0.5, 0.6) is 0 Å². The van der Waals surface area contributed by atoms with Crippen LogP contribution in [-0.4, -0.2) is 30.2 Å². The lowest BCUT2D eigenvalue weighted by Gasteiger charge is -2.25. The smallest absolute Gasteiger partial charge is 0.325 e. The van der Waals surface area contributed by atoms with Gasteiger partial charge in [0.05, 0.1) is 34.0 Å². The number of aryl methyl sites for hydroxylation is 2. The van der Waals surface area contributed by atoms with Gasteiger partial charge in [-0.15, -0.1) is 0 Å². The van der Waals surface area contributed by atoms with Crippen LogP contribution < -0.4 is 5.32 Å². The maximum Gasteiger partial charge on any atom is 0.416 e. The van der Waals surface area contributed by atoms with Gasteiger partial charge in [0.1, 0.15) is 0 Å². The lowest BCUT2D eigenvalue weighted by molar-refractivity contribution is -0.137. The van der Waals surface area contributed by atoms with E-state index >= 15 is 0 Å². The Hall–Kier alpha value is -4.53. The number of hydrogen-bond donors (Lipinski definition) is 1. The molecule has 4 aromatic rings. The Bertz CT molecular complexity index is 1920. The van der Waals surface area contributed by atoms with E-state index in [-0.39, 0.29) is 36.2 Å². The maximum atomic E-state index is 13.9. The van der Waals surface area contributed by atoms with E-state index in [1.807, 2.05) is 45.0 Å². The predicted octanol–water partition coefficient (Wildman–Crippen LogP) is 7.13. The molecule has 0 bridgehead atoms. The van der Waals surface area contributed by atoms with Gasteiger partial charge in [0.25, 0.3) is 0 Å². The van der Waals surface area contributed by atoms with E-state index in [9.17, 15) is 31.6 Å². The molecule has 1 amide bonds. The molecule has 11 heteroatoms. The fraction of sp³-hybridized carbons (Fsp3) is 0.286. The van der Waals surface area contributed by atoms with Gasteiger partial charge in [-0.05, 0) is 96.0 Å². The van der Waals surface area contributed by atoms with Gasteiger partial charge in [-0.25, -0.2) is 8.42 Å². The molecule has 46 heavy (non-hydrogen) atoms. The number of alkyl halides is 3. The minimum atomic E-state index is -4.68. The summed E-state index contributed by atoms with van der Waals surface area (Å²) in [4.78, 5) is 17.0. The van der Waals surface area contributed by atoms with Crippen molar-refractivity contribution < 1.29 is 26.4 Å². The molecule has 0 fully saturated rings. The molecule has 0 spiro atoms. The fourth-order valence-electron chi connectivity index (χ4n) is 5.96. The van der Waals surface area contributed by atoms with E-state index in [4.69, 9.17) is 0 Å². The fourth-order valence-corrected chi connectivity index (χ4v) is 7.76. The molecular weight excluding hydrogens is 613 g/mol. The lowest BCUT2D eigenvalue weighted by Crippen LogP contribution is -2.33. The van der Waals surface area contributed by atoms with Crippen LogP contribution in [0.1, 0.15) is 63.8 Å². The Labute approximate surface area is 266 Å². The molecule has 0 saturated heterocycles. The Morgan fingerprint density at radius 3 is 2.54 bits per heavy atom. The van der Waals surface area contributed by atoms with Crippen molar-refractivity contribution in [2.24, 2.45) is 5.92 Å². The van der Waals surface area contributed by atoms with Crippen LogP contribution in [-0.2, 0) is 34.0 Å². The largest absolute Gasteiger partial charge is 0.416 e. The summed E-state index contributed by atoms with van der Waals surface area (Å²) in [5.41, 5.74) is 4.27. The Morgan fingerprint density at radius 1 is 1.09 bits per heavy atom. The summed E-state index contributed by atoms with van der Waals surface area (Å²) in [6.45, 7) is 5.68. The summed E-state index contributed by atoms with van der Waals surface area (Å²) in [5.74, 6) is -0.843. The molecule has 0 aliphatic carbocycles. The minimum Gasteiger partial charge on any atom is -0.325 e. The van der Waals surface area contributed by atoms with Crippen molar-refractivity contribution in [2.75, 3.05) is 11.9 Å². The van der Waals surface area contributed by atoms with Crippen molar-refractivity contribution in [3.63, 3.8) is 0 Å². The van der Waals surface area contributed by atoms with Crippen LogP contribution in [0, 0.1) is 31.1 Å². The summed E-state index contributed by atoms with van der Waals surface area (Å²) < 4.78 is 69.8. The number of nitrogens with zero attached hydrogens (tertiary/aromatic N) is 3. The van der Waals surface area contributed by atoms with Crippen LogP contribution in [0.3, 0.4) is 0 Å². The number of amides is 1. The minimum absolute atomic E-state index is 0.0524. The predicted molar refractivity (Wildman–Crippen MR) is 168 cm³/mol. The van der Waals surface area contributed by atoms with E-state index in [0.717, 1.165) is 34.4 Å². The number of sulfonamides is 1. The number of carbonyl (C=O) groups excluding carboxylic acids is 1. The van der Waals surface area contributed by atoms with Gasteiger partial charge in [0.2, 0.25) is 15.9 Å². The molecule has 1 aliphatic heterocycles. The number of anilines is 1. The molecule has 238 valence electrons. The molecule has 2 atom stereocenters. The molecule has 1 N–H and O–H groups in total. The van der Waals surface area contributed by atoms with E-state index < -0.39 is 27.7 Å². The first-order chi connectivity index (χ1) is 21.8. The highest BCUT2D eigenvalue weighted by Gasteiger charge is 2.37. The third-order valence-electron chi connectivity index (χ3n) is 8.33. The number of nitrogens with one attached hydrogen (secondary N) is 1. The highest BCUT2D eigenvalue weighted by atomic mass is 32.2. The number of aromatic nitrogens is 1. The van der Waals surface area contributed by atoms with Gasteiger partial charge in [0, 0.05) is 31.6 Å². The molecule has 1 aromatic heterocycles. The van der Waals surface area contributed by atoms with Crippen molar-refractivity contribution in [3.8, 4) is 6.07 Å². The summed E-state index contributed by atoms with van der Waals surface area (Å²) in [6, 6.07) is 19.4. The van der Waals surface area contributed by atoms with Gasteiger partial charge < -0.3 is 5.32 Å². The zero-order chi connectivity index (χ0) is 33.2. The van der Waals surface area contributed by atoms with Crippen LogP contribution in [0.15, 0.2) is 84.0 Å². The van der Waals surface area contributed by atoms with Crippen molar-refractivity contribution in [2.45, 2.75) is 57.1 Å². The first-order valence-electron chi connectivity index (χ1n) is 14.8. The van der Waals surface area contributed by atoms with E-state index in [1.165, 1.54) is 10.4 Å². The highest BCUT2D eigenvalue weighted by Crippen LogP contribution is 2.37. The number of benzene rings is 3. The average Bonchev–Trinajstić information content (AvgIpc) is 3.09. The van der Waals surface area contributed by atoms with Crippen molar-refractivity contribution in [3.05, 3.63) is 124 Å². The monoisotopic (exact) mass is 646 g/mol. The number of halogens is 3. The molecule has 3 aromatic carbocycles. The second-order valence-electron chi connectivity index (χ2n) is 11.8. The van der Waals surface area contributed by atoms with E-state index in [2.05, 4.69) is 16.4 Å². The molecule has 0 saturated carbocycles. The zero-order valence-corrected chi connectivity index (χ0v) is 26.4. The second-order valence-corrected chi connectivity index (χ2v) is 13.7. The number of fused-ring (bicyclic) bond motifs is 1. The average molecular weight is 647 g/mol. The van der Waals surface area contributed by atoms with Crippen molar-refractivity contribution >= 4 is 21.6 Å². The van der Waals surface area contributed by atoms with Crippen LogP contribution >= 0.6 is 0 Å². The molecular formula is C35H33F3N4O3S. The highest BCUT2D eigenvalue weighted by molar-refractivity contribution is 7.89. The van der Waals surface area contributed by atoms with Crippen molar-refractivity contribution in [1.29, 1.82) is 5.26 Å². The molecule has 2 unspecified atom stereocenters. The Morgan fingerprint density at radius 2 is 1.87 bits per heavy atom. The molecule has 2 heterocycles. The summed E-state index contributed by atoms with van der Waals surface area (Å²) in [6.07, 6.45) is -1.15. The van der Waals surface area contributed by atoms with Crippen LogP contribution in [0.4, 0.5) is 18.9 Å². The van der Waals surface area contributed by atoms with Gasteiger partial charge in [0.15, 0.2) is 0 Å². The number of pyridine rings is 1. The van der Waals surface area contributed by atoms with E-state index in [0.29, 0.717) is 28.8 Å². The van der Waals surface area contributed by atoms with Gasteiger partial charge >= 0.3 is 6.18 Å². The van der Waals surface area contributed by atoms with Gasteiger partial charge in [-0.3, -0.25) is 9.78 Å². The molecule has 5 rings (SSSR count). The van der Waals surface area contributed by atoms with E-state index in [1.54, 1.807) is 36.7 Å². The second kappa shape index (κ2) is 13.1. The first-order valence-corrected chi connectivity index (χ1v) is 16.2. The molecule has 1 aliphatic rings. The molecule has 0 radical (unpaired) electrons. The first kappa shape index (κ1) is 32.9. The Kier molecular flexibility index (Phi) is 9.33. The quantitative estimate of drug-likeness (QED) is 0.230. The number of rotatable bonds is 7. The molecule has 7 nitrogen and oxygen atoms in total. The number of nitriles is 1. The van der Waals surface area contributed by atoms with Gasteiger partial charge in [-0.2, -0.15) is 22.7 Å². The normalized spacial score (nSPS) is 16.9. The Balaban J connectivity index is 1.53.